The van der Waals surface area contributed by atoms with E-state index >= 15 is 0 Å². The normalized spacial score (nSPS) is 11.5. The van der Waals surface area contributed by atoms with Gasteiger partial charge in [0.2, 0.25) is 5.88 Å². The van der Waals surface area contributed by atoms with Crippen LogP contribution in [-0.2, 0) is 9.53 Å². The van der Waals surface area contributed by atoms with Crippen LogP contribution in [0.3, 0.4) is 0 Å². The summed E-state index contributed by atoms with van der Waals surface area (Å²) in [6.45, 7) is 0. The number of hydrogen-bond donors (Lipinski definition) is 1. The summed E-state index contributed by atoms with van der Waals surface area (Å²) in [6, 6.07) is 8.60. The van der Waals surface area contributed by atoms with Gasteiger partial charge in [-0.05, 0) is 5.56 Å². The molecule has 0 aliphatic rings. The first-order valence-electron chi connectivity index (χ1n) is 6.00. The molecule has 2 rings (SSSR count). The fourth-order valence-corrected chi connectivity index (χ4v) is 1.71. The summed E-state index contributed by atoms with van der Waals surface area (Å²) >= 11 is 0. The van der Waals surface area contributed by atoms with E-state index in [1.54, 1.807) is 0 Å². The molecule has 1 N–H and O–H groups in total. The van der Waals surface area contributed by atoms with Crippen molar-refractivity contribution in [1.29, 1.82) is 0 Å². The minimum Gasteiger partial charge on any atom is -0.480 e. The number of benzene rings is 1. The van der Waals surface area contributed by atoms with Gasteiger partial charge in [-0.3, -0.25) is 4.98 Å². The number of nitrogens with one attached hydrogen (secondary N) is 1. The molecule has 1 atom stereocenters. The van der Waals surface area contributed by atoms with Gasteiger partial charge in [-0.2, -0.15) is 4.98 Å². The molecule has 0 saturated carbocycles. The Morgan fingerprint density at radius 3 is 2.60 bits per heavy atom. The second-order valence-corrected chi connectivity index (χ2v) is 3.96. The van der Waals surface area contributed by atoms with Crippen LogP contribution in [0.25, 0.3) is 0 Å². The second kappa shape index (κ2) is 6.51. The van der Waals surface area contributed by atoms with E-state index in [0.717, 1.165) is 5.56 Å². The van der Waals surface area contributed by atoms with E-state index in [2.05, 4.69) is 15.3 Å². The van der Waals surface area contributed by atoms with Gasteiger partial charge < -0.3 is 14.8 Å². The first-order valence-corrected chi connectivity index (χ1v) is 6.00. The molecule has 0 aliphatic heterocycles. The highest BCUT2D eigenvalue weighted by Gasteiger charge is 2.21. The third-order valence-corrected chi connectivity index (χ3v) is 2.68. The topological polar surface area (TPSA) is 73.3 Å². The maximum Gasteiger partial charge on any atom is 0.333 e. The van der Waals surface area contributed by atoms with Crippen LogP contribution < -0.4 is 10.1 Å². The minimum absolute atomic E-state index is 0.367. The van der Waals surface area contributed by atoms with Crippen molar-refractivity contribution in [2.45, 2.75) is 6.04 Å². The summed E-state index contributed by atoms with van der Waals surface area (Å²) in [6.07, 6.45) is 3.00. The van der Waals surface area contributed by atoms with Crippen LogP contribution in [0.2, 0.25) is 0 Å². The molecular formula is C14H15N3O3. The molecule has 0 radical (unpaired) electrons. The summed E-state index contributed by atoms with van der Waals surface area (Å²) in [4.78, 5) is 20.1. The molecule has 1 aromatic carbocycles. The smallest absolute Gasteiger partial charge is 0.333 e. The van der Waals surface area contributed by atoms with Gasteiger partial charge in [-0.15, -0.1) is 0 Å². The zero-order valence-corrected chi connectivity index (χ0v) is 11.2. The molecule has 1 heterocycles. The Bertz CT molecular complexity index is 575. The lowest BCUT2D eigenvalue weighted by molar-refractivity contribution is -0.141. The van der Waals surface area contributed by atoms with E-state index in [4.69, 9.17) is 9.47 Å². The van der Waals surface area contributed by atoms with Crippen molar-refractivity contribution in [1.82, 2.24) is 9.97 Å². The van der Waals surface area contributed by atoms with Gasteiger partial charge in [-0.25, -0.2) is 4.79 Å². The van der Waals surface area contributed by atoms with Crippen molar-refractivity contribution < 1.29 is 14.3 Å². The lowest BCUT2D eigenvalue weighted by Gasteiger charge is -2.17. The van der Waals surface area contributed by atoms with Gasteiger partial charge in [0.05, 0.1) is 26.6 Å². The maximum atomic E-state index is 11.9. The molecule has 0 fully saturated rings. The molecular weight excluding hydrogens is 258 g/mol. The molecule has 6 nitrogen and oxygen atoms in total. The Morgan fingerprint density at radius 1 is 1.20 bits per heavy atom. The van der Waals surface area contributed by atoms with Crippen molar-refractivity contribution in [3.63, 3.8) is 0 Å². The number of methoxy groups -OCH3 is 2. The Morgan fingerprint density at radius 2 is 1.95 bits per heavy atom. The Hall–Kier alpha value is -2.63. The number of carbonyl (C=O) groups is 1. The Balaban J connectivity index is 2.26. The average Bonchev–Trinajstić information content (AvgIpc) is 2.53. The molecule has 0 spiro atoms. The van der Waals surface area contributed by atoms with Gasteiger partial charge >= 0.3 is 5.97 Å². The van der Waals surface area contributed by atoms with Crippen LogP contribution in [0.1, 0.15) is 11.6 Å². The predicted molar refractivity (Wildman–Crippen MR) is 73.4 cm³/mol. The zero-order chi connectivity index (χ0) is 14.4. The highest BCUT2D eigenvalue weighted by Crippen LogP contribution is 2.20. The van der Waals surface area contributed by atoms with E-state index in [-0.39, 0.29) is 0 Å². The van der Waals surface area contributed by atoms with Crippen molar-refractivity contribution in [2.24, 2.45) is 0 Å². The third-order valence-electron chi connectivity index (χ3n) is 2.68. The zero-order valence-electron chi connectivity index (χ0n) is 11.2. The minimum atomic E-state index is -0.650. The first-order chi connectivity index (χ1) is 9.74. The number of carbonyl (C=O) groups excluding carboxylic acids is 1. The van der Waals surface area contributed by atoms with Crippen molar-refractivity contribution >= 4 is 11.8 Å². The molecule has 6 heteroatoms. The molecule has 0 amide bonds. The van der Waals surface area contributed by atoms with E-state index in [1.807, 2.05) is 30.3 Å². The number of nitrogens with zero attached hydrogens (tertiary/aromatic N) is 2. The summed E-state index contributed by atoms with van der Waals surface area (Å²) in [5, 5.41) is 2.99. The quantitative estimate of drug-likeness (QED) is 0.838. The van der Waals surface area contributed by atoms with Gasteiger partial charge in [0.15, 0.2) is 6.04 Å². The maximum absolute atomic E-state index is 11.9. The molecule has 0 saturated heterocycles. The van der Waals surface area contributed by atoms with Crippen LogP contribution >= 0.6 is 0 Å². The van der Waals surface area contributed by atoms with Crippen LogP contribution in [0.5, 0.6) is 5.88 Å². The fraction of sp³-hybridized carbons (Fsp3) is 0.214. The van der Waals surface area contributed by atoms with E-state index < -0.39 is 12.0 Å². The highest BCUT2D eigenvalue weighted by atomic mass is 16.5. The predicted octanol–water partition coefficient (Wildman–Crippen LogP) is 1.81. The van der Waals surface area contributed by atoms with Crippen LogP contribution in [0, 0.1) is 0 Å². The van der Waals surface area contributed by atoms with Gasteiger partial charge in [0, 0.05) is 0 Å². The van der Waals surface area contributed by atoms with Crippen molar-refractivity contribution in [3.8, 4) is 5.88 Å². The molecule has 1 aromatic heterocycles. The largest absolute Gasteiger partial charge is 0.480 e. The highest BCUT2D eigenvalue weighted by molar-refractivity contribution is 5.80. The molecule has 0 aliphatic carbocycles. The van der Waals surface area contributed by atoms with E-state index in [1.165, 1.54) is 26.6 Å². The second-order valence-electron chi connectivity index (χ2n) is 3.96. The number of ether oxygens (including phenoxy) is 2. The summed E-state index contributed by atoms with van der Waals surface area (Å²) in [5.41, 5.74) is 0.781. The fourth-order valence-electron chi connectivity index (χ4n) is 1.71. The van der Waals surface area contributed by atoms with Gasteiger partial charge in [0.25, 0.3) is 0 Å². The van der Waals surface area contributed by atoms with Crippen LogP contribution in [0.15, 0.2) is 42.7 Å². The van der Waals surface area contributed by atoms with Gasteiger partial charge in [0.1, 0.15) is 5.82 Å². The van der Waals surface area contributed by atoms with Crippen LogP contribution in [-0.4, -0.2) is 30.2 Å². The SMILES string of the molecule is COC(=O)C(Nc1cncc(OC)n1)c1ccccc1. The van der Waals surface area contributed by atoms with Crippen LogP contribution in [0.4, 0.5) is 5.82 Å². The third kappa shape index (κ3) is 3.23. The summed E-state index contributed by atoms with van der Waals surface area (Å²) in [7, 11) is 2.85. The molecule has 104 valence electrons. The first kappa shape index (κ1) is 13.8. The monoisotopic (exact) mass is 273 g/mol. The number of esters is 1. The lowest BCUT2D eigenvalue weighted by atomic mass is 10.1. The molecule has 2 aromatic rings. The number of aromatic nitrogens is 2. The van der Waals surface area contributed by atoms with Crippen molar-refractivity contribution in [2.75, 3.05) is 19.5 Å². The lowest BCUT2D eigenvalue weighted by Crippen LogP contribution is -2.22. The molecule has 20 heavy (non-hydrogen) atoms. The summed E-state index contributed by atoms with van der Waals surface area (Å²) in [5.74, 6) is 0.399. The van der Waals surface area contributed by atoms with E-state index in [9.17, 15) is 4.79 Å². The molecule has 1 unspecified atom stereocenters. The standard InChI is InChI=1S/C14H15N3O3/c1-19-12-9-15-8-11(16-12)17-13(14(18)20-2)10-6-4-3-5-7-10/h3-9,13H,1-2H3,(H,16,17). The molecule has 0 bridgehead atoms. The van der Waals surface area contributed by atoms with Crippen molar-refractivity contribution in [3.05, 3.63) is 48.3 Å². The number of rotatable bonds is 5. The Labute approximate surface area is 116 Å². The number of hydrogen-bond acceptors (Lipinski definition) is 6. The summed E-state index contributed by atoms with van der Waals surface area (Å²) < 4.78 is 9.81. The average molecular weight is 273 g/mol. The Kier molecular flexibility index (Phi) is 4.49. The van der Waals surface area contributed by atoms with Gasteiger partial charge in [-0.1, -0.05) is 30.3 Å². The van der Waals surface area contributed by atoms with E-state index in [0.29, 0.717) is 11.7 Å². The number of anilines is 1.